The van der Waals surface area contributed by atoms with Gasteiger partial charge in [-0.2, -0.15) is 0 Å². The quantitative estimate of drug-likeness (QED) is 0.893. The van der Waals surface area contributed by atoms with Crippen LogP contribution in [0.4, 0.5) is 5.82 Å². The number of hydrogen-bond donors (Lipinski definition) is 1. The number of carboxylic acids is 1. The Bertz CT molecular complexity index is 660. The highest BCUT2D eigenvalue weighted by Gasteiger charge is 2.34. The van der Waals surface area contributed by atoms with Crippen molar-refractivity contribution in [1.82, 2.24) is 20.0 Å². The molecule has 23 heavy (non-hydrogen) atoms. The number of anilines is 1. The smallest absolute Gasteiger partial charge is 0.325 e. The van der Waals surface area contributed by atoms with E-state index in [0.717, 1.165) is 5.82 Å². The van der Waals surface area contributed by atoms with Gasteiger partial charge in [0.15, 0.2) is 0 Å². The third-order valence-electron chi connectivity index (χ3n) is 4.15. The molecule has 0 aliphatic carbocycles. The number of aryl methyl sites for hydroxylation is 2. The van der Waals surface area contributed by atoms with E-state index in [1.54, 1.807) is 32.4 Å². The third-order valence-corrected chi connectivity index (χ3v) is 4.15. The SMILES string of the molecule is Cc1noc(C)c1[C@@H](C(=O)O)N1CCN(c2cnccn2)CC1. The average molecular weight is 317 g/mol. The molecular formula is C15H19N5O3. The second-order valence-electron chi connectivity index (χ2n) is 5.57. The summed E-state index contributed by atoms with van der Waals surface area (Å²) in [6.07, 6.45) is 5.02. The molecule has 8 heteroatoms. The Hall–Kier alpha value is -2.48. The van der Waals surface area contributed by atoms with E-state index in [4.69, 9.17) is 4.52 Å². The van der Waals surface area contributed by atoms with Gasteiger partial charge in [-0.25, -0.2) is 4.98 Å². The molecule has 0 aromatic carbocycles. The Morgan fingerprint density at radius 2 is 2.00 bits per heavy atom. The normalized spacial score (nSPS) is 17.2. The van der Waals surface area contributed by atoms with Crippen molar-refractivity contribution in [2.45, 2.75) is 19.9 Å². The Kier molecular flexibility index (Phi) is 4.24. The molecule has 2 aromatic rings. The van der Waals surface area contributed by atoms with Crippen molar-refractivity contribution in [3.05, 3.63) is 35.6 Å². The van der Waals surface area contributed by atoms with E-state index < -0.39 is 12.0 Å². The molecule has 0 unspecified atom stereocenters. The molecule has 1 aliphatic heterocycles. The van der Waals surface area contributed by atoms with Crippen LogP contribution in [0.2, 0.25) is 0 Å². The van der Waals surface area contributed by atoms with Gasteiger partial charge in [0.1, 0.15) is 17.6 Å². The van der Waals surface area contributed by atoms with Gasteiger partial charge >= 0.3 is 5.97 Å². The van der Waals surface area contributed by atoms with Crippen LogP contribution in [0.5, 0.6) is 0 Å². The van der Waals surface area contributed by atoms with E-state index in [2.05, 4.69) is 20.0 Å². The van der Waals surface area contributed by atoms with Gasteiger partial charge in [-0.15, -0.1) is 0 Å². The standard InChI is InChI=1S/C15H19N5O3/c1-10-13(11(2)23-18-10)14(15(21)22)20-7-5-19(6-8-20)12-9-16-3-4-17-12/h3-4,9,14H,5-8H2,1-2H3,(H,21,22)/t14-/m0/s1. The average Bonchev–Trinajstić information content (AvgIpc) is 2.89. The molecule has 1 aliphatic rings. The summed E-state index contributed by atoms with van der Waals surface area (Å²) < 4.78 is 5.14. The molecule has 0 radical (unpaired) electrons. The highest BCUT2D eigenvalue weighted by molar-refractivity contribution is 5.76. The van der Waals surface area contributed by atoms with Gasteiger partial charge in [0.05, 0.1) is 11.9 Å². The van der Waals surface area contributed by atoms with Gasteiger partial charge in [0.25, 0.3) is 0 Å². The maximum atomic E-state index is 11.8. The predicted molar refractivity (Wildman–Crippen MR) is 82.2 cm³/mol. The van der Waals surface area contributed by atoms with Crippen molar-refractivity contribution in [2.24, 2.45) is 0 Å². The number of aliphatic carboxylic acids is 1. The van der Waals surface area contributed by atoms with E-state index >= 15 is 0 Å². The van der Waals surface area contributed by atoms with E-state index in [1.165, 1.54) is 0 Å². The molecule has 0 amide bonds. The highest BCUT2D eigenvalue weighted by Crippen LogP contribution is 2.28. The lowest BCUT2D eigenvalue weighted by molar-refractivity contribution is -0.143. The van der Waals surface area contributed by atoms with Crippen LogP contribution in [0.25, 0.3) is 0 Å². The van der Waals surface area contributed by atoms with Crippen molar-refractivity contribution in [2.75, 3.05) is 31.1 Å². The molecular weight excluding hydrogens is 298 g/mol. The molecule has 1 N–H and O–H groups in total. The van der Waals surface area contributed by atoms with Crippen molar-refractivity contribution >= 4 is 11.8 Å². The molecule has 1 atom stereocenters. The van der Waals surface area contributed by atoms with Crippen LogP contribution in [0.15, 0.2) is 23.1 Å². The van der Waals surface area contributed by atoms with Crippen LogP contribution >= 0.6 is 0 Å². The lowest BCUT2D eigenvalue weighted by Gasteiger charge is -2.38. The van der Waals surface area contributed by atoms with Crippen LogP contribution in [-0.2, 0) is 4.79 Å². The van der Waals surface area contributed by atoms with Crippen LogP contribution in [0, 0.1) is 13.8 Å². The summed E-state index contributed by atoms with van der Waals surface area (Å²) in [6.45, 7) is 6.17. The molecule has 8 nitrogen and oxygen atoms in total. The number of carbonyl (C=O) groups is 1. The van der Waals surface area contributed by atoms with E-state index in [-0.39, 0.29) is 0 Å². The molecule has 0 saturated carbocycles. The second kappa shape index (κ2) is 6.33. The predicted octanol–water partition coefficient (Wildman–Crippen LogP) is 1.03. The number of rotatable bonds is 4. The Morgan fingerprint density at radius 1 is 1.26 bits per heavy atom. The zero-order valence-corrected chi connectivity index (χ0v) is 13.1. The fourth-order valence-corrected chi connectivity index (χ4v) is 3.01. The summed E-state index contributed by atoms with van der Waals surface area (Å²) in [5, 5.41) is 13.6. The van der Waals surface area contributed by atoms with Gasteiger partial charge in [-0.3, -0.25) is 14.7 Å². The topological polar surface area (TPSA) is 95.6 Å². The lowest BCUT2D eigenvalue weighted by Crippen LogP contribution is -2.49. The summed E-state index contributed by atoms with van der Waals surface area (Å²) in [6, 6.07) is -0.731. The van der Waals surface area contributed by atoms with E-state index in [1.807, 2.05) is 4.90 Å². The van der Waals surface area contributed by atoms with Crippen LogP contribution in [0.1, 0.15) is 23.1 Å². The molecule has 3 rings (SSSR count). The van der Waals surface area contributed by atoms with E-state index in [0.29, 0.717) is 43.2 Å². The van der Waals surface area contributed by atoms with Gasteiger partial charge < -0.3 is 14.5 Å². The van der Waals surface area contributed by atoms with Crippen molar-refractivity contribution in [1.29, 1.82) is 0 Å². The largest absolute Gasteiger partial charge is 0.480 e. The molecule has 0 spiro atoms. The Labute approximate surface area is 133 Å². The Morgan fingerprint density at radius 3 is 2.52 bits per heavy atom. The minimum Gasteiger partial charge on any atom is -0.480 e. The number of nitrogens with zero attached hydrogens (tertiary/aromatic N) is 5. The van der Waals surface area contributed by atoms with Crippen molar-refractivity contribution in [3.8, 4) is 0 Å². The number of hydrogen-bond acceptors (Lipinski definition) is 7. The van der Waals surface area contributed by atoms with Crippen molar-refractivity contribution in [3.63, 3.8) is 0 Å². The fourth-order valence-electron chi connectivity index (χ4n) is 3.01. The summed E-state index contributed by atoms with van der Waals surface area (Å²) in [5.74, 6) is 0.495. The summed E-state index contributed by atoms with van der Waals surface area (Å²) in [5.41, 5.74) is 1.29. The monoisotopic (exact) mass is 317 g/mol. The third kappa shape index (κ3) is 3.02. The first-order chi connectivity index (χ1) is 11.1. The molecule has 122 valence electrons. The molecule has 1 fully saturated rings. The first-order valence-electron chi connectivity index (χ1n) is 7.48. The Balaban J connectivity index is 1.76. The summed E-state index contributed by atoms with van der Waals surface area (Å²) in [7, 11) is 0. The van der Waals surface area contributed by atoms with Crippen molar-refractivity contribution < 1.29 is 14.4 Å². The zero-order valence-electron chi connectivity index (χ0n) is 13.1. The zero-order chi connectivity index (χ0) is 16.4. The maximum Gasteiger partial charge on any atom is 0.325 e. The maximum absolute atomic E-state index is 11.8. The first-order valence-corrected chi connectivity index (χ1v) is 7.48. The van der Waals surface area contributed by atoms with Crippen LogP contribution in [0.3, 0.4) is 0 Å². The molecule has 3 heterocycles. The van der Waals surface area contributed by atoms with Gasteiger partial charge in [0.2, 0.25) is 0 Å². The fraction of sp³-hybridized carbons (Fsp3) is 0.467. The van der Waals surface area contributed by atoms with Crippen LogP contribution in [-0.4, -0.2) is 57.3 Å². The molecule has 1 saturated heterocycles. The minimum atomic E-state index is -0.882. The van der Waals surface area contributed by atoms with Gasteiger partial charge in [0, 0.05) is 44.1 Å². The summed E-state index contributed by atoms with van der Waals surface area (Å²) >= 11 is 0. The summed E-state index contributed by atoms with van der Waals surface area (Å²) in [4.78, 5) is 24.2. The first kappa shape index (κ1) is 15.4. The number of carboxylic acid groups (broad SMARTS) is 1. The number of aromatic nitrogens is 3. The van der Waals surface area contributed by atoms with Gasteiger partial charge in [-0.05, 0) is 13.8 Å². The molecule has 0 bridgehead atoms. The lowest BCUT2D eigenvalue weighted by atomic mass is 10.0. The highest BCUT2D eigenvalue weighted by atomic mass is 16.5. The van der Waals surface area contributed by atoms with Gasteiger partial charge in [-0.1, -0.05) is 5.16 Å². The number of piperazine rings is 1. The second-order valence-corrected chi connectivity index (χ2v) is 5.57. The molecule has 2 aromatic heterocycles. The van der Waals surface area contributed by atoms with Crippen LogP contribution < -0.4 is 4.90 Å². The minimum absolute atomic E-state index is 0.561. The van der Waals surface area contributed by atoms with E-state index in [9.17, 15) is 9.90 Å².